The summed E-state index contributed by atoms with van der Waals surface area (Å²) >= 11 is 0. The van der Waals surface area contributed by atoms with Crippen molar-refractivity contribution < 1.29 is 14.1 Å². The highest BCUT2D eigenvalue weighted by atomic mass is 16.5. The largest absolute Gasteiger partial charge is 0.359 e. The van der Waals surface area contributed by atoms with E-state index in [0.29, 0.717) is 17.9 Å². The lowest BCUT2D eigenvalue weighted by molar-refractivity contribution is -0.117. The quantitative estimate of drug-likeness (QED) is 0.830. The third-order valence-electron chi connectivity index (χ3n) is 4.43. The Morgan fingerprint density at radius 3 is 2.77 bits per heavy atom. The van der Waals surface area contributed by atoms with Crippen LogP contribution in [0.15, 0.2) is 34.9 Å². The first-order valence-corrected chi connectivity index (χ1v) is 8.98. The van der Waals surface area contributed by atoms with Crippen LogP contribution in [0.4, 0.5) is 16.2 Å². The maximum atomic E-state index is 12.0. The molecule has 2 N–H and O–H groups in total. The minimum absolute atomic E-state index is 0.144. The van der Waals surface area contributed by atoms with Crippen LogP contribution in [-0.2, 0) is 17.8 Å². The zero-order chi connectivity index (χ0) is 18.5. The van der Waals surface area contributed by atoms with Gasteiger partial charge in [0.05, 0.1) is 12.2 Å². The van der Waals surface area contributed by atoms with Gasteiger partial charge in [0, 0.05) is 29.9 Å². The van der Waals surface area contributed by atoms with Crippen LogP contribution in [0, 0.1) is 0 Å². The summed E-state index contributed by atoms with van der Waals surface area (Å²) in [6.07, 6.45) is 3.33. The van der Waals surface area contributed by atoms with Crippen molar-refractivity contribution in [1.29, 1.82) is 0 Å². The molecule has 7 nitrogen and oxygen atoms in total. The van der Waals surface area contributed by atoms with Crippen LogP contribution < -0.4 is 15.5 Å². The molecule has 138 valence electrons. The second-order valence-electron chi connectivity index (χ2n) is 6.54. The predicted molar refractivity (Wildman–Crippen MR) is 99.0 cm³/mol. The lowest BCUT2D eigenvalue weighted by Gasteiger charge is -2.21. The molecular weight excluding hydrogens is 332 g/mol. The third-order valence-corrected chi connectivity index (χ3v) is 4.43. The van der Waals surface area contributed by atoms with Crippen LogP contribution in [-0.4, -0.2) is 23.1 Å². The molecular formula is C19H24N4O3. The highest BCUT2D eigenvalue weighted by molar-refractivity contribution is 5.96. The molecule has 1 saturated heterocycles. The summed E-state index contributed by atoms with van der Waals surface area (Å²) in [7, 11) is 0. The van der Waals surface area contributed by atoms with Gasteiger partial charge in [0.25, 0.3) is 0 Å². The Morgan fingerprint density at radius 2 is 2.12 bits per heavy atom. The first-order chi connectivity index (χ1) is 12.6. The van der Waals surface area contributed by atoms with E-state index in [1.165, 1.54) is 0 Å². The van der Waals surface area contributed by atoms with Crippen molar-refractivity contribution >= 4 is 23.3 Å². The Morgan fingerprint density at radius 1 is 1.35 bits per heavy atom. The molecule has 2 aromatic rings. The normalized spacial score (nSPS) is 16.8. The lowest BCUT2D eigenvalue weighted by Crippen LogP contribution is -2.30. The summed E-state index contributed by atoms with van der Waals surface area (Å²) in [6.45, 7) is 4.39. The summed E-state index contributed by atoms with van der Waals surface area (Å²) in [4.78, 5) is 25.8. The fraction of sp³-hybridized carbons (Fsp3) is 0.421. The number of hydrogen-bond acceptors (Lipinski definition) is 4. The number of nitrogens with one attached hydrogen (secondary N) is 2. The average Bonchev–Trinajstić information content (AvgIpc) is 3.21. The smallest absolute Gasteiger partial charge is 0.319 e. The van der Waals surface area contributed by atoms with Gasteiger partial charge in [-0.25, -0.2) is 4.79 Å². The maximum Gasteiger partial charge on any atom is 0.319 e. The van der Waals surface area contributed by atoms with Crippen molar-refractivity contribution in [3.8, 4) is 0 Å². The number of rotatable bonds is 6. The van der Waals surface area contributed by atoms with Gasteiger partial charge in [0.1, 0.15) is 0 Å². The van der Waals surface area contributed by atoms with Gasteiger partial charge in [-0.2, -0.15) is 0 Å². The minimum atomic E-state index is -0.322. The summed E-state index contributed by atoms with van der Waals surface area (Å²) in [6, 6.07) is 9.03. The summed E-state index contributed by atoms with van der Waals surface area (Å²) < 4.78 is 5.18. The molecule has 7 heteroatoms. The minimum Gasteiger partial charge on any atom is -0.359 e. The topological polar surface area (TPSA) is 87.5 Å². The van der Waals surface area contributed by atoms with Gasteiger partial charge in [0.15, 0.2) is 5.76 Å². The number of nitrogens with zero attached hydrogens (tertiary/aromatic N) is 2. The van der Waals surface area contributed by atoms with E-state index in [1.54, 1.807) is 12.1 Å². The van der Waals surface area contributed by atoms with Gasteiger partial charge in [-0.3, -0.25) is 4.79 Å². The molecule has 1 aliphatic heterocycles. The number of hydrogen-bond donors (Lipinski definition) is 2. The summed E-state index contributed by atoms with van der Waals surface area (Å²) in [5, 5.41) is 9.46. The molecule has 1 unspecified atom stereocenters. The average molecular weight is 356 g/mol. The van der Waals surface area contributed by atoms with E-state index in [0.717, 1.165) is 30.6 Å². The molecule has 3 rings (SSSR count). The van der Waals surface area contributed by atoms with Crippen LogP contribution >= 0.6 is 0 Å². The van der Waals surface area contributed by atoms with E-state index in [4.69, 9.17) is 4.52 Å². The molecule has 0 aliphatic carbocycles. The molecule has 0 saturated carbocycles. The van der Waals surface area contributed by atoms with Crippen molar-refractivity contribution in [2.75, 3.05) is 10.2 Å². The summed E-state index contributed by atoms with van der Waals surface area (Å²) in [5.74, 6) is 0.769. The molecule has 1 atom stereocenters. The highest BCUT2D eigenvalue weighted by Gasteiger charge is 2.28. The molecule has 2 heterocycles. The van der Waals surface area contributed by atoms with E-state index in [-0.39, 0.29) is 24.5 Å². The molecule has 1 aliphatic rings. The number of amides is 3. The number of urea groups is 1. The van der Waals surface area contributed by atoms with Gasteiger partial charge in [0.2, 0.25) is 5.91 Å². The molecule has 0 spiro atoms. The fourth-order valence-corrected chi connectivity index (χ4v) is 3.09. The second kappa shape index (κ2) is 8.03. The Balaban J connectivity index is 1.51. The zero-order valence-corrected chi connectivity index (χ0v) is 15.1. The van der Waals surface area contributed by atoms with Crippen molar-refractivity contribution in [3.63, 3.8) is 0 Å². The monoisotopic (exact) mass is 356 g/mol. The van der Waals surface area contributed by atoms with Crippen LogP contribution in [0.5, 0.6) is 0 Å². The van der Waals surface area contributed by atoms with Gasteiger partial charge < -0.3 is 20.1 Å². The standard InChI is InChI=1S/C19H24N4O3/c1-3-4-15-11-17(26-22-15)12-20-19(25)21-14-6-8-16(9-7-14)23-13(2)5-10-18(23)24/h6-9,11,13H,3-5,10,12H2,1-2H3,(H2,20,21,25). The molecule has 1 fully saturated rings. The van der Waals surface area contributed by atoms with Gasteiger partial charge in [-0.05, 0) is 44.0 Å². The number of benzene rings is 1. The van der Waals surface area contributed by atoms with Crippen LogP contribution in [0.2, 0.25) is 0 Å². The van der Waals surface area contributed by atoms with E-state index in [2.05, 4.69) is 22.7 Å². The Labute approximate surface area is 152 Å². The van der Waals surface area contributed by atoms with Crippen LogP contribution in [0.1, 0.15) is 44.6 Å². The number of aryl methyl sites for hydroxylation is 1. The number of aromatic nitrogens is 1. The van der Waals surface area contributed by atoms with E-state index in [1.807, 2.05) is 30.0 Å². The number of carbonyl (C=O) groups excluding carboxylic acids is 2. The van der Waals surface area contributed by atoms with Crippen LogP contribution in [0.25, 0.3) is 0 Å². The Bertz CT molecular complexity index is 769. The lowest BCUT2D eigenvalue weighted by atomic mass is 10.2. The van der Waals surface area contributed by atoms with E-state index >= 15 is 0 Å². The second-order valence-corrected chi connectivity index (χ2v) is 6.54. The van der Waals surface area contributed by atoms with E-state index in [9.17, 15) is 9.59 Å². The molecule has 26 heavy (non-hydrogen) atoms. The fourth-order valence-electron chi connectivity index (χ4n) is 3.09. The van der Waals surface area contributed by atoms with Crippen molar-refractivity contribution in [3.05, 3.63) is 41.8 Å². The van der Waals surface area contributed by atoms with Gasteiger partial charge >= 0.3 is 6.03 Å². The molecule has 0 radical (unpaired) electrons. The summed E-state index contributed by atoms with van der Waals surface area (Å²) in [5.41, 5.74) is 2.41. The highest BCUT2D eigenvalue weighted by Crippen LogP contribution is 2.27. The number of carbonyl (C=O) groups is 2. The van der Waals surface area contributed by atoms with E-state index < -0.39 is 0 Å². The van der Waals surface area contributed by atoms with Crippen molar-refractivity contribution in [2.45, 2.75) is 52.1 Å². The van der Waals surface area contributed by atoms with Crippen molar-refractivity contribution in [1.82, 2.24) is 10.5 Å². The number of anilines is 2. The Hall–Kier alpha value is -2.83. The Kier molecular flexibility index (Phi) is 5.55. The maximum absolute atomic E-state index is 12.0. The SMILES string of the molecule is CCCc1cc(CNC(=O)Nc2ccc(N3C(=O)CCC3C)cc2)on1. The van der Waals surface area contributed by atoms with Gasteiger partial charge in [-0.15, -0.1) is 0 Å². The first kappa shape index (κ1) is 18.0. The molecule has 3 amide bonds. The zero-order valence-electron chi connectivity index (χ0n) is 15.1. The van der Waals surface area contributed by atoms with Gasteiger partial charge in [-0.1, -0.05) is 18.5 Å². The molecule has 1 aromatic heterocycles. The predicted octanol–water partition coefficient (Wildman–Crippen LogP) is 3.46. The molecule has 1 aromatic carbocycles. The van der Waals surface area contributed by atoms with Crippen LogP contribution in [0.3, 0.4) is 0 Å². The third kappa shape index (κ3) is 4.22. The van der Waals surface area contributed by atoms with Crippen molar-refractivity contribution in [2.24, 2.45) is 0 Å². The first-order valence-electron chi connectivity index (χ1n) is 8.98. The molecule has 0 bridgehead atoms.